The second kappa shape index (κ2) is 4.25. The predicted octanol–water partition coefficient (Wildman–Crippen LogP) is 1.25. The van der Waals surface area contributed by atoms with Crippen molar-refractivity contribution in [2.45, 2.75) is 25.8 Å². The van der Waals surface area contributed by atoms with Crippen LogP contribution < -0.4 is 5.32 Å². The molecule has 0 bridgehead atoms. The maximum Gasteiger partial charge on any atom is 0.0197 e. The van der Waals surface area contributed by atoms with Crippen molar-refractivity contribution in [3.8, 4) is 0 Å². The van der Waals surface area contributed by atoms with Gasteiger partial charge in [-0.05, 0) is 25.3 Å². The van der Waals surface area contributed by atoms with Crippen molar-refractivity contribution in [3.63, 3.8) is 0 Å². The fourth-order valence-corrected chi connectivity index (χ4v) is 2.34. The molecule has 0 aromatic rings. The number of piperidine rings is 1. The van der Waals surface area contributed by atoms with Crippen LogP contribution in [0.15, 0.2) is 12.2 Å². The van der Waals surface area contributed by atoms with Crippen molar-refractivity contribution in [2.24, 2.45) is 5.92 Å². The van der Waals surface area contributed by atoms with Gasteiger partial charge in [-0.1, -0.05) is 19.1 Å². The normalized spacial score (nSPS) is 35.5. The molecule has 13 heavy (non-hydrogen) atoms. The van der Waals surface area contributed by atoms with Crippen molar-refractivity contribution < 1.29 is 0 Å². The molecule has 74 valence electrons. The molecule has 0 amide bonds. The lowest BCUT2D eigenvalue weighted by Gasteiger charge is -2.31. The number of nitrogens with zero attached hydrogens (tertiary/aromatic N) is 1. The summed E-state index contributed by atoms with van der Waals surface area (Å²) in [6.07, 6.45) is 7.25. The molecular weight excluding hydrogens is 160 g/mol. The molecule has 2 unspecified atom stereocenters. The summed E-state index contributed by atoms with van der Waals surface area (Å²) in [5.41, 5.74) is 0. The first kappa shape index (κ1) is 9.22. The van der Waals surface area contributed by atoms with Crippen LogP contribution in [0.25, 0.3) is 0 Å². The van der Waals surface area contributed by atoms with E-state index in [1.165, 1.54) is 25.9 Å². The van der Waals surface area contributed by atoms with E-state index in [0.29, 0.717) is 0 Å². The Labute approximate surface area is 81.0 Å². The van der Waals surface area contributed by atoms with Gasteiger partial charge in [-0.3, -0.25) is 4.90 Å². The molecule has 2 aliphatic heterocycles. The average molecular weight is 180 g/mol. The van der Waals surface area contributed by atoms with Gasteiger partial charge in [0.15, 0.2) is 0 Å². The van der Waals surface area contributed by atoms with E-state index in [0.717, 1.165) is 25.0 Å². The Bertz CT molecular complexity index is 181. The van der Waals surface area contributed by atoms with Crippen molar-refractivity contribution in [1.82, 2.24) is 10.2 Å². The monoisotopic (exact) mass is 180 g/mol. The van der Waals surface area contributed by atoms with Crippen LogP contribution in [0.2, 0.25) is 0 Å². The highest BCUT2D eigenvalue weighted by atomic mass is 15.2. The summed E-state index contributed by atoms with van der Waals surface area (Å²) >= 11 is 0. The lowest BCUT2D eigenvalue weighted by atomic mass is 9.94. The van der Waals surface area contributed by atoms with Gasteiger partial charge < -0.3 is 5.32 Å². The first-order valence-electron chi connectivity index (χ1n) is 5.45. The Hall–Kier alpha value is -0.340. The summed E-state index contributed by atoms with van der Waals surface area (Å²) in [5, 5.41) is 3.61. The molecule has 2 heterocycles. The van der Waals surface area contributed by atoms with Crippen molar-refractivity contribution in [1.29, 1.82) is 0 Å². The summed E-state index contributed by atoms with van der Waals surface area (Å²) in [4.78, 5) is 2.51. The van der Waals surface area contributed by atoms with Crippen LogP contribution in [0, 0.1) is 5.92 Å². The first-order chi connectivity index (χ1) is 6.34. The smallest absolute Gasteiger partial charge is 0.0197 e. The SMILES string of the molecule is CC1CCNC(CN2CC=CC2)C1. The molecule has 2 aliphatic rings. The molecule has 0 aromatic heterocycles. The van der Waals surface area contributed by atoms with Gasteiger partial charge in [-0.2, -0.15) is 0 Å². The Kier molecular flexibility index (Phi) is 3.01. The minimum Gasteiger partial charge on any atom is -0.313 e. The highest BCUT2D eigenvalue weighted by Gasteiger charge is 2.20. The third-order valence-electron chi connectivity index (χ3n) is 3.13. The van der Waals surface area contributed by atoms with E-state index >= 15 is 0 Å². The van der Waals surface area contributed by atoms with E-state index < -0.39 is 0 Å². The first-order valence-corrected chi connectivity index (χ1v) is 5.45. The zero-order valence-corrected chi connectivity index (χ0v) is 8.50. The largest absolute Gasteiger partial charge is 0.313 e. The minimum absolute atomic E-state index is 0.739. The van der Waals surface area contributed by atoms with E-state index in [9.17, 15) is 0 Å². The number of hydrogen-bond acceptors (Lipinski definition) is 2. The summed E-state index contributed by atoms with van der Waals surface area (Å²) < 4.78 is 0. The second-order valence-corrected chi connectivity index (χ2v) is 4.47. The molecule has 1 saturated heterocycles. The van der Waals surface area contributed by atoms with Gasteiger partial charge in [0.1, 0.15) is 0 Å². The van der Waals surface area contributed by atoms with Gasteiger partial charge in [0.25, 0.3) is 0 Å². The molecule has 0 aliphatic carbocycles. The van der Waals surface area contributed by atoms with Crippen LogP contribution in [0.5, 0.6) is 0 Å². The molecule has 1 fully saturated rings. The van der Waals surface area contributed by atoms with Crippen LogP contribution >= 0.6 is 0 Å². The van der Waals surface area contributed by atoms with Gasteiger partial charge in [0.05, 0.1) is 0 Å². The predicted molar refractivity (Wildman–Crippen MR) is 55.8 cm³/mol. The van der Waals surface area contributed by atoms with Gasteiger partial charge in [0, 0.05) is 25.7 Å². The highest BCUT2D eigenvalue weighted by molar-refractivity contribution is 4.96. The molecule has 0 aromatic carbocycles. The highest BCUT2D eigenvalue weighted by Crippen LogP contribution is 2.16. The summed E-state index contributed by atoms with van der Waals surface area (Å²) in [5.74, 6) is 0.918. The van der Waals surface area contributed by atoms with Crippen LogP contribution in [-0.4, -0.2) is 37.1 Å². The van der Waals surface area contributed by atoms with Crippen LogP contribution in [0.1, 0.15) is 19.8 Å². The summed E-state index contributed by atoms with van der Waals surface area (Å²) in [6.45, 7) is 7.14. The molecule has 2 heteroatoms. The van der Waals surface area contributed by atoms with Crippen molar-refractivity contribution in [3.05, 3.63) is 12.2 Å². The van der Waals surface area contributed by atoms with E-state index in [-0.39, 0.29) is 0 Å². The third-order valence-corrected chi connectivity index (χ3v) is 3.13. The molecule has 1 N–H and O–H groups in total. The minimum atomic E-state index is 0.739. The van der Waals surface area contributed by atoms with Crippen molar-refractivity contribution in [2.75, 3.05) is 26.2 Å². The number of hydrogen-bond donors (Lipinski definition) is 1. The lowest BCUT2D eigenvalue weighted by molar-refractivity contribution is 0.240. The molecule has 2 nitrogen and oxygen atoms in total. The van der Waals surface area contributed by atoms with E-state index in [1.807, 2.05) is 0 Å². The summed E-state index contributed by atoms with van der Waals surface area (Å²) in [6, 6.07) is 0.739. The fraction of sp³-hybridized carbons (Fsp3) is 0.818. The zero-order valence-electron chi connectivity index (χ0n) is 8.50. The van der Waals surface area contributed by atoms with Crippen LogP contribution in [-0.2, 0) is 0 Å². The van der Waals surface area contributed by atoms with Gasteiger partial charge in [0.2, 0.25) is 0 Å². The molecule has 0 spiro atoms. The van der Waals surface area contributed by atoms with Gasteiger partial charge >= 0.3 is 0 Å². The average Bonchev–Trinajstić information content (AvgIpc) is 2.57. The molecule has 2 atom stereocenters. The van der Waals surface area contributed by atoms with Gasteiger partial charge in [-0.15, -0.1) is 0 Å². The third kappa shape index (κ3) is 2.55. The van der Waals surface area contributed by atoms with Crippen molar-refractivity contribution >= 4 is 0 Å². The van der Waals surface area contributed by atoms with Crippen LogP contribution in [0.3, 0.4) is 0 Å². The lowest BCUT2D eigenvalue weighted by Crippen LogP contribution is -2.44. The maximum absolute atomic E-state index is 3.61. The maximum atomic E-state index is 3.61. The Morgan fingerprint density at radius 1 is 1.38 bits per heavy atom. The van der Waals surface area contributed by atoms with E-state index in [2.05, 4.69) is 29.3 Å². The molecule has 2 rings (SSSR count). The fourth-order valence-electron chi connectivity index (χ4n) is 2.34. The summed E-state index contributed by atoms with van der Waals surface area (Å²) in [7, 11) is 0. The van der Waals surface area contributed by atoms with E-state index in [4.69, 9.17) is 0 Å². The number of nitrogens with one attached hydrogen (secondary N) is 1. The molecule has 0 saturated carbocycles. The van der Waals surface area contributed by atoms with E-state index in [1.54, 1.807) is 0 Å². The molecule has 0 radical (unpaired) electrons. The second-order valence-electron chi connectivity index (χ2n) is 4.47. The standard InChI is InChI=1S/C11H20N2/c1-10-4-5-12-11(8-10)9-13-6-2-3-7-13/h2-3,10-12H,4-9H2,1H3. The van der Waals surface area contributed by atoms with Gasteiger partial charge in [-0.25, -0.2) is 0 Å². The Balaban J connectivity index is 1.74. The Morgan fingerprint density at radius 2 is 2.15 bits per heavy atom. The zero-order chi connectivity index (χ0) is 9.10. The topological polar surface area (TPSA) is 15.3 Å². The quantitative estimate of drug-likeness (QED) is 0.643. The Morgan fingerprint density at radius 3 is 2.85 bits per heavy atom. The number of rotatable bonds is 2. The van der Waals surface area contributed by atoms with Crippen LogP contribution in [0.4, 0.5) is 0 Å². The molecular formula is C11H20N2.